The summed E-state index contributed by atoms with van der Waals surface area (Å²) in [6, 6.07) is 2.84. The average molecular weight is 303 g/mol. The lowest BCUT2D eigenvalue weighted by molar-refractivity contribution is 0.0667. The molecule has 1 saturated heterocycles. The Hall–Kier alpha value is -1.01. The smallest absolute Gasteiger partial charge is 0.272 e. The highest BCUT2D eigenvalue weighted by atomic mass is 79.9. The zero-order valence-electron chi connectivity index (χ0n) is 9.01. The van der Waals surface area contributed by atoms with E-state index in [4.69, 9.17) is 5.11 Å². The summed E-state index contributed by atoms with van der Waals surface area (Å²) in [7, 11) is 0. The van der Waals surface area contributed by atoms with E-state index in [0.29, 0.717) is 0 Å². The van der Waals surface area contributed by atoms with Crippen molar-refractivity contribution >= 4 is 21.8 Å². The highest BCUT2D eigenvalue weighted by molar-refractivity contribution is 9.10. The van der Waals surface area contributed by atoms with E-state index in [1.54, 1.807) is 12.1 Å². The topological polar surface area (TPSA) is 53.4 Å². The van der Waals surface area contributed by atoms with E-state index in [9.17, 15) is 9.18 Å². The van der Waals surface area contributed by atoms with Crippen LogP contribution in [0.2, 0.25) is 0 Å². The molecular formula is C11H12BrFN2O2. The van der Waals surface area contributed by atoms with E-state index < -0.39 is 12.2 Å². The van der Waals surface area contributed by atoms with Crippen LogP contribution >= 0.6 is 15.9 Å². The Balaban J connectivity index is 2.17. The van der Waals surface area contributed by atoms with Crippen molar-refractivity contribution in [3.8, 4) is 0 Å². The third-order valence-electron chi connectivity index (χ3n) is 2.78. The van der Waals surface area contributed by atoms with Gasteiger partial charge in [-0.3, -0.25) is 4.79 Å². The third-order valence-corrected chi connectivity index (χ3v) is 3.25. The number of rotatable bonds is 2. The van der Waals surface area contributed by atoms with Gasteiger partial charge in [-0.15, -0.1) is 0 Å². The van der Waals surface area contributed by atoms with Gasteiger partial charge in [-0.05, 0) is 28.1 Å². The number of hydrogen-bond donors (Lipinski definition) is 1. The number of nitrogens with zero attached hydrogens (tertiary/aromatic N) is 2. The number of alkyl halides is 1. The summed E-state index contributed by atoms with van der Waals surface area (Å²) in [5.74, 6) is -0.336. The first-order valence-electron chi connectivity index (χ1n) is 5.29. The molecule has 0 aliphatic carbocycles. The van der Waals surface area contributed by atoms with Crippen molar-refractivity contribution in [1.29, 1.82) is 0 Å². The molecule has 2 heterocycles. The van der Waals surface area contributed by atoms with Gasteiger partial charge in [0.1, 0.15) is 11.9 Å². The Kier molecular flexibility index (Phi) is 3.73. The molecule has 0 spiro atoms. The molecule has 2 atom stereocenters. The fourth-order valence-corrected chi connectivity index (χ4v) is 2.17. The lowest BCUT2D eigenvalue weighted by Crippen LogP contribution is -2.38. The summed E-state index contributed by atoms with van der Waals surface area (Å²) in [6.07, 6.45) is 0.648. The molecule has 6 heteroatoms. The van der Waals surface area contributed by atoms with Gasteiger partial charge in [0, 0.05) is 17.1 Å². The number of carbonyl (C=O) groups is 1. The Morgan fingerprint density at radius 3 is 3.00 bits per heavy atom. The van der Waals surface area contributed by atoms with Gasteiger partial charge in [0.15, 0.2) is 0 Å². The van der Waals surface area contributed by atoms with E-state index >= 15 is 0 Å². The molecule has 1 aliphatic rings. The van der Waals surface area contributed by atoms with Crippen LogP contribution < -0.4 is 0 Å². The van der Waals surface area contributed by atoms with Crippen molar-refractivity contribution in [2.45, 2.75) is 18.6 Å². The molecule has 1 fully saturated rings. The summed E-state index contributed by atoms with van der Waals surface area (Å²) >= 11 is 3.23. The molecule has 0 bridgehead atoms. The Morgan fingerprint density at radius 1 is 1.65 bits per heavy atom. The predicted octanol–water partition coefficient (Wildman–Crippen LogP) is 1.39. The van der Waals surface area contributed by atoms with Crippen molar-refractivity contribution in [2.75, 3.05) is 13.2 Å². The first-order valence-corrected chi connectivity index (χ1v) is 6.08. The number of halogens is 2. The molecular weight excluding hydrogens is 291 g/mol. The number of aliphatic hydroxyl groups excluding tert-OH is 1. The van der Waals surface area contributed by atoms with Gasteiger partial charge in [0.25, 0.3) is 5.91 Å². The van der Waals surface area contributed by atoms with Gasteiger partial charge < -0.3 is 10.0 Å². The van der Waals surface area contributed by atoms with Crippen LogP contribution in [0.5, 0.6) is 0 Å². The van der Waals surface area contributed by atoms with Crippen LogP contribution in [-0.2, 0) is 0 Å². The number of amides is 1. The quantitative estimate of drug-likeness (QED) is 0.898. The standard InChI is InChI=1S/C11H12BrFN2O2/c12-7-1-2-10(14-4-7)11(17)15-5-8(13)3-9(15)6-16/h1-2,4,8-9,16H,3,5-6H2/t8-,9-/m0/s1. The predicted molar refractivity (Wildman–Crippen MR) is 63.4 cm³/mol. The van der Waals surface area contributed by atoms with Crippen LogP contribution in [0.4, 0.5) is 4.39 Å². The molecule has 0 saturated carbocycles. The van der Waals surface area contributed by atoms with Crippen LogP contribution in [0, 0.1) is 0 Å². The average Bonchev–Trinajstić information content (AvgIpc) is 2.70. The van der Waals surface area contributed by atoms with Gasteiger partial charge in [-0.25, -0.2) is 9.37 Å². The summed E-state index contributed by atoms with van der Waals surface area (Å²) in [5.41, 5.74) is 0.265. The first kappa shape index (κ1) is 12.4. The molecule has 1 aromatic heterocycles. The lowest BCUT2D eigenvalue weighted by Gasteiger charge is -2.21. The van der Waals surface area contributed by atoms with Gasteiger partial charge in [-0.1, -0.05) is 0 Å². The Bertz CT molecular complexity index is 412. The zero-order chi connectivity index (χ0) is 12.4. The maximum absolute atomic E-state index is 13.2. The summed E-state index contributed by atoms with van der Waals surface area (Å²) in [6.45, 7) is -0.190. The number of pyridine rings is 1. The Labute approximate surface area is 107 Å². The maximum Gasteiger partial charge on any atom is 0.272 e. The van der Waals surface area contributed by atoms with Gasteiger partial charge >= 0.3 is 0 Å². The van der Waals surface area contributed by atoms with E-state index in [1.165, 1.54) is 11.1 Å². The van der Waals surface area contributed by atoms with Crippen molar-refractivity contribution < 1.29 is 14.3 Å². The first-order chi connectivity index (χ1) is 8.11. The van der Waals surface area contributed by atoms with Gasteiger partial charge in [-0.2, -0.15) is 0 Å². The minimum Gasteiger partial charge on any atom is -0.394 e. The van der Waals surface area contributed by atoms with E-state index in [2.05, 4.69) is 20.9 Å². The van der Waals surface area contributed by atoms with Crippen LogP contribution in [0.1, 0.15) is 16.9 Å². The largest absolute Gasteiger partial charge is 0.394 e. The monoisotopic (exact) mass is 302 g/mol. The van der Waals surface area contributed by atoms with Crippen molar-refractivity contribution in [1.82, 2.24) is 9.88 Å². The van der Waals surface area contributed by atoms with Crippen molar-refractivity contribution in [2.24, 2.45) is 0 Å². The fraction of sp³-hybridized carbons (Fsp3) is 0.455. The van der Waals surface area contributed by atoms with Crippen molar-refractivity contribution in [3.05, 3.63) is 28.5 Å². The Morgan fingerprint density at radius 2 is 2.41 bits per heavy atom. The SMILES string of the molecule is O=C(c1ccc(Br)cn1)N1C[C@@H](F)C[C@H]1CO. The molecule has 1 amide bonds. The van der Waals surface area contributed by atoms with E-state index in [0.717, 1.165) is 4.47 Å². The van der Waals surface area contributed by atoms with Crippen LogP contribution in [0.25, 0.3) is 0 Å². The summed E-state index contributed by atoms with van der Waals surface area (Å²) < 4.78 is 14.0. The molecule has 0 unspecified atom stereocenters. The third kappa shape index (κ3) is 2.63. The van der Waals surface area contributed by atoms with Crippen molar-refractivity contribution in [3.63, 3.8) is 0 Å². The highest BCUT2D eigenvalue weighted by Gasteiger charge is 2.35. The van der Waals surface area contributed by atoms with E-state index in [1.807, 2.05) is 0 Å². The normalized spacial score (nSPS) is 24.1. The second-order valence-corrected chi connectivity index (χ2v) is 4.90. The van der Waals surface area contributed by atoms with Crippen LogP contribution in [-0.4, -0.2) is 46.3 Å². The molecule has 92 valence electrons. The second-order valence-electron chi connectivity index (χ2n) is 3.99. The number of aliphatic hydroxyl groups is 1. The second kappa shape index (κ2) is 5.10. The van der Waals surface area contributed by atoms with Crippen LogP contribution in [0.15, 0.2) is 22.8 Å². The molecule has 1 aromatic rings. The summed E-state index contributed by atoms with van der Waals surface area (Å²) in [5, 5.41) is 9.11. The van der Waals surface area contributed by atoms with E-state index in [-0.39, 0.29) is 31.2 Å². The molecule has 0 radical (unpaired) electrons. The number of hydrogen-bond acceptors (Lipinski definition) is 3. The number of carbonyl (C=O) groups excluding carboxylic acids is 1. The van der Waals surface area contributed by atoms with Crippen LogP contribution in [0.3, 0.4) is 0 Å². The molecule has 2 rings (SSSR count). The number of aromatic nitrogens is 1. The molecule has 0 aromatic carbocycles. The van der Waals surface area contributed by atoms with Gasteiger partial charge in [0.05, 0.1) is 19.2 Å². The molecule has 17 heavy (non-hydrogen) atoms. The maximum atomic E-state index is 13.2. The zero-order valence-corrected chi connectivity index (χ0v) is 10.6. The fourth-order valence-electron chi connectivity index (χ4n) is 1.93. The minimum atomic E-state index is -1.06. The molecule has 1 N–H and O–H groups in total. The number of likely N-dealkylation sites (tertiary alicyclic amines) is 1. The lowest BCUT2D eigenvalue weighted by atomic mass is 10.2. The molecule has 4 nitrogen and oxygen atoms in total. The van der Waals surface area contributed by atoms with Gasteiger partial charge in [0.2, 0.25) is 0 Å². The highest BCUT2D eigenvalue weighted by Crippen LogP contribution is 2.22. The molecule has 1 aliphatic heterocycles. The minimum absolute atomic E-state index is 0.0296. The summed E-state index contributed by atoms with van der Waals surface area (Å²) in [4.78, 5) is 17.4.